The van der Waals surface area contributed by atoms with E-state index in [2.05, 4.69) is 13.2 Å². The minimum absolute atomic E-state index is 0.121. The molecule has 1 aromatic carbocycles. The molecular weight excluding hydrogens is 200 g/mol. The van der Waals surface area contributed by atoms with Crippen LogP contribution in [0, 0.1) is 0 Å². The average molecular weight is 216 g/mol. The van der Waals surface area contributed by atoms with E-state index in [4.69, 9.17) is 5.11 Å². The van der Waals surface area contributed by atoms with E-state index in [1.54, 1.807) is 6.92 Å². The van der Waals surface area contributed by atoms with Gasteiger partial charge in [0.05, 0.1) is 0 Å². The van der Waals surface area contributed by atoms with Crippen molar-refractivity contribution in [3.8, 4) is 0 Å². The van der Waals surface area contributed by atoms with Gasteiger partial charge in [0.2, 0.25) is 0 Å². The monoisotopic (exact) mass is 216 g/mol. The van der Waals surface area contributed by atoms with E-state index >= 15 is 0 Å². The van der Waals surface area contributed by atoms with Crippen LogP contribution in [-0.2, 0) is 0 Å². The number of allylic oxidation sites excluding steroid dienone is 3. The highest BCUT2D eigenvalue weighted by Crippen LogP contribution is 1.97. The number of aliphatic hydroxyl groups excluding tert-OH is 1. The van der Waals surface area contributed by atoms with Crippen molar-refractivity contribution in [1.82, 2.24) is 0 Å². The molecule has 0 aliphatic rings. The summed E-state index contributed by atoms with van der Waals surface area (Å²) in [6.07, 6.45) is 4.31. The van der Waals surface area contributed by atoms with Crippen LogP contribution in [-0.4, -0.2) is 10.9 Å². The molecule has 0 aromatic heterocycles. The van der Waals surface area contributed by atoms with Crippen LogP contribution in [0.1, 0.15) is 17.3 Å². The van der Waals surface area contributed by atoms with Gasteiger partial charge in [-0.05, 0) is 19.1 Å². The number of hydrogen-bond donors (Lipinski definition) is 1. The van der Waals surface area contributed by atoms with Crippen LogP contribution in [0.25, 0.3) is 0 Å². The van der Waals surface area contributed by atoms with E-state index in [9.17, 15) is 4.79 Å². The molecule has 0 atom stereocenters. The quantitative estimate of drug-likeness (QED) is 0.475. The number of rotatable bonds is 3. The van der Waals surface area contributed by atoms with Gasteiger partial charge in [0, 0.05) is 5.56 Å². The smallest absolute Gasteiger partial charge is 0.159 e. The van der Waals surface area contributed by atoms with Crippen LogP contribution in [0.3, 0.4) is 0 Å². The molecule has 2 heteroatoms. The van der Waals surface area contributed by atoms with Crippen molar-refractivity contribution in [3.63, 3.8) is 0 Å². The van der Waals surface area contributed by atoms with Gasteiger partial charge in [0.15, 0.2) is 5.78 Å². The first kappa shape index (κ1) is 13.9. The molecule has 1 aromatic rings. The number of aliphatic hydroxyl groups is 1. The van der Waals surface area contributed by atoms with Gasteiger partial charge < -0.3 is 5.11 Å². The Balaban J connectivity index is 0.000000293. The van der Waals surface area contributed by atoms with Gasteiger partial charge in [-0.1, -0.05) is 49.6 Å². The maximum Gasteiger partial charge on any atom is 0.159 e. The van der Waals surface area contributed by atoms with Gasteiger partial charge >= 0.3 is 0 Å². The predicted molar refractivity (Wildman–Crippen MR) is 67.6 cm³/mol. The first-order chi connectivity index (χ1) is 7.61. The second-order valence-corrected chi connectivity index (χ2v) is 2.95. The zero-order valence-corrected chi connectivity index (χ0v) is 9.39. The third kappa shape index (κ3) is 6.38. The molecule has 0 radical (unpaired) electrons. The summed E-state index contributed by atoms with van der Waals surface area (Å²) in [7, 11) is 0. The van der Waals surface area contributed by atoms with Crippen LogP contribution in [0.2, 0.25) is 0 Å². The van der Waals surface area contributed by atoms with E-state index in [-0.39, 0.29) is 11.5 Å². The fraction of sp³-hybridized carbons (Fsp3) is 0.0714. The maximum absolute atomic E-state index is 10.6. The minimum atomic E-state index is 0.121. The fourth-order valence-electron chi connectivity index (χ4n) is 0.862. The summed E-state index contributed by atoms with van der Waals surface area (Å²) in [5, 5.41) is 8.53. The van der Waals surface area contributed by atoms with E-state index in [1.807, 2.05) is 30.3 Å². The third-order valence-corrected chi connectivity index (χ3v) is 1.68. The van der Waals surface area contributed by atoms with Crippen molar-refractivity contribution in [2.24, 2.45) is 0 Å². The Morgan fingerprint density at radius 1 is 1.25 bits per heavy atom. The molecule has 16 heavy (non-hydrogen) atoms. The van der Waals surface area contributed by atoms with Crippen molar-refractivity contribution in [1.29, 1.82) is 0 Å². The van der Waals surface area contributed by atoms with Gasteiger partial charge in [-0.15, -0.1) is 0 Å². The van der Waals surface area contributed by atoms with E-state index < -0.39 is 0 Å². The minimum Gasteiger partial charge on any atom is -0.508 e. The molecule has 0 aliphatic heterocycles. The zero-order valence-electron chi connectivity index (χ0n) is 9.39. The fourth-order valence-corrected chi connectivity index (χ4v) is 0.862. The molecule has 0 amide bonds. The van der Waals surface area contributed by atoms with Crippen molar-refractivity contribution in [2.45, 2.75) is 6.92 Å². The second-order valence-electron chi connectivity index (χ2n) is 2.95. The lowest BCUT2D eigenvalue weighted by atomic mass is 10.2. The molecule has 84 valence electrons. The molecule has 0 fully saturated rings. The molecule has 0 unspecified atom stereocenters. The molecule has 0 saturated heterocycles. The van der Waals surface area contributed by atoms with Gasteiger partial charge in [0.1, 0.15) is 5.76 Å². The summed E-state index contributed by atoms with van der Waals surface area (Å²) in [6.45, 7) is 8.24. The van der Waals surface area contributed by atoms with Crippen molar-refractivity contribution in [2.75, 3.05) is 0 Å². The third-order valence-electron chi connectivity index (χ3n) is 1.68. The van der Waals surface area contributed by atoms with Crippen LogP contribution < -0.4 is 0 Å². The SMILES string of the molecule is C=C/C=C(/O)C=C.CC(=O)c1ccccc1. The summed E-state index contributed by atoms with van der Waals surface area (Å²) in [4.78, 5) is 10.6. The summed E-state index contributed by atoms with van der Waals surface area (Å²) in [6, 6.07) is 9.23. The van der Waals surface area contributed by atoms with Crippen LogP contribution in [0.5, 0.6) is 0 Å². The summed E-state index contributed by atoms with van der Waals surface area (Å²) in [5.74, 6) is 0.269. The van der Waals surface area contributed by atoms with Gasteiger partial charge in [-0.25, -0.2) is 0 Å². The molecule has 0 saturated carbocycles. The predicted octanol–water partition coefficient (Wildman–Crippen LogP) is 3.69. The highest BCUT2D eigenvalue weighted by molar-refractivity contribution is 5.93. The molecule has 2 nitrogen and oxygen atoms in total. The lowest BCUT2D eigenvalue weighted by Gasteiger charge is -1.89. The molecular formula is C14H16O2. The van der Waals surface area contributed by atoms with E-state index in [1.165, 1.54) is 18.2 Å². The Kier molecular flexibility index (Phi) is 7.16. The zero-order chi connectivity index (χ0) is 12.4. The number of benzene rings is 1. The van der Waals surface area contributed by atoms with Gasteiger partial charge in [0.25, 0.3) is 0 Å². The number of ketones is 1. The molecule has 1 rings (SSSR count). The standard InChI is InChI=1S/C8H8O.C6H8O/c1-7(9)8-5-3-2-4-6-8;1-3-5-6(7)4-2/h2-6H,1H3;3-5,7H,1-2H2/b;6-5+. The van der Waals surface area contributed by atoms with Crippen LogP contribution in [0.15, 0.2) is 67.5 Å². The molecule has 0 aliphatic carbocycles. The summed E-state index contributed by atoms with van der Waals surface area (Å²) in [5.41, 5.74) is 0.775. The summed E-state index contributed by atoms with van der Waals surface area (Å²) < 4.78 is 0. The largest absolute Gasteiger partial charge is 0.508 e. The Labute approximate surface area is 96.2 Å². The van der Waals surface area contributed by atoms with Crippen LogP contribution >= 0.6 is 0 Å². The van der Waals surface area contributed by atoms with E-state index in [0.29, 0.717) is 0 Å². The topological polar surface area (TPSA) is 37.3 Å². The summed E-state index contributed by atoms with van der Waals surface area (Å²) >= 11 is 0. The second kappa shape index (κ2) is 8.24. The number of carbonyl (C=O) groups excluding carboxylic acids is 1. The van der Waals surface area contributed by atoms with Gasteiger partial charge in [-0.3, -0.25) is 4.79 Å². The lowest BCUT2D eigenvalue weighted by Crippen LogP contribution is -1.88. The van der Waals surface area contributed by atoms with Crippen molar-refractivity contribution >= 4 is 5.78 Å². The molecule has 0 bridgehead atoms. The molecule has 0 spiro atoms. The Bertz CT molecular complexity index is 375. The normalized spacial score (nSPS) is 9.69. The number of carbonyl (C=O) groups is 1. The molecule has 0 heterocycles. The first-order valence-corrected chi connectivity index (χ1v) is 4.82. The Morgan fingerprint density at radius 3 is 2.06 bits per heavy atom. The van der Waals surface area contributed by atoms with Crippen molar-refractivity contribution < 1.29 is 9.90 Å². The van der Waals surface area contributed by atoms with Crippen LogP contribution in [0.4, 0.5) is 0 Å². The van der Waals surface area contributed by atoms with E-state index in [0.717, 1.165) is 5.56 Å². The Hall–Kier alpha value is -2.09. The van der Waals surface area contributed by atoms with Gasteiger partial charge in [-0.2, -0.15) is 0 Å². The van der Waals surface area contributed by atoms with Crippen molar-refractivity contribution in [3.05, 3.63) is 73.0 Å². The maximum atomic E-state index is 10.6. The highest BCUT2D eigenvalue weighted by Gasteiger charge is 1.92. The number of hydrogen-bond acceptors (Lipinski definition) is 2. The molecule has 1 N–H and O–H groups in total. The first-order valence-electron chi connectivity index (χ1n) is 4.82. The Morgan fingerprint density at radius 2 is 1.81 bits per heavy atom. The highest BCUT2D eigenvalue weighted by atomic mass is 16.3. The average Bonchev–Trinajstić information content (AvgIpc) is 2.31. The lowest BCUT2D eigenvalue weighted by molar-refractivity contribution is 0.101. The number of Topliss-reactive ketones (excluding diaryl/α,β-unsaturated/α-hetero) is 1.